The molecule has 2 aromatic carbocycles. The van der Waals surface area contributed by atoms with Gasteiger partial charge in [-0.15, -0.1) is 11.3 Å². The number of likely N-dealkylation sites (tertiary alicyclic amines) is 1. The van der Waals surface area contributed by atoms with Gasteiger partial charge < -0.3 is 4.74 Å². The first-order valence-corrected chi connectivity index (χ1v) is 11.6. The minimum atomic E-state index is 0.268. The van der Waals surface area contributed by atoms with E-state index in [4.69, 9.17) is 4.74 Å². The van der Waals surface area contributed by atoms with Crippen LogP contribution < -0.4 is 0 Å². The van der Waals surface area contributed by atoms with E-state index in [2.05, 4.69) is 83.9 Å². The summed E-state index contributed by atoms with van der Waals surface area (Å²) in [6, 6.07) is 24.1. The predicted molar refractivity (Wildman–Crippen MR) is 123 cm³/mol. The Morgan fingerprint density at radius 3 is 2.62 bits per heavy atom. The average molecular weight is 406 g/mol. The van der Waals surface area contributed by atoms with Crippen molar-refractivity contribution in [2.24, 2.45) is 5.41 Å². The number of aryl methyl sites for hydroxylation is 1. The van der Waals surface area contributed by atoms with Crippen LogP contribution in [0.25, 0.3) is 10.4 Å². The number of rotatable bonds is 9. The number of hydrogen-bond acceptors (Lipinski definition) is 3. The normalized spacial score (nSPS) is 19.6. The van der Waals surface area contributed by atoms with Crippen LogP contribution in [0.2, 0.25) is 0 Å². The van der Waals surface area contributed by atoms with E-state index in [0.717, 1.165) is 39.3 Å². The molecule has 1 unspecified atom stereocenters. The number of ether oxygens (including phenoxy) is 1. The third-order valence-electron chi connectivity index (χ3n) is 6.11. The van der Waals surface area contributed by atoms with Crippen molar-refractivity contribution in [1.82, 2.24) is 4.90 Å². The summed E-state index contributed by atoms with van der Waals surface area (Å²) in [7, 11) is 0. The van der Waals surface area contributed by atoms with Crippen LogP contribution in [0, 0.1) is 5.41 Å². The molecule has 1 aromatic heterocycles. The largest absolute Gasteiger partial charge is 0.381 e. The van der Waals surface area contributed by atoms with Crippen LogP contribution >= 0.6 is 11.3 Å². The van der Waals surface area contributed by atoms with Gasteiger partial charge in [-0.1, -0.05) is 60.7 Å². The molecule has 152 valence electrons. The fourth-order valence-corrected chi connectivity index (χ4v) is 5.29. The Bertz CT molecular complexity index is 877. The van der Waals surface area contributed by atoms with Gasteiger partial charge in [0.05, 0.1) is 6.61 Å². The molecule has 1 aliphatic heterocycles. The number of benzene rings is 2. The quantitative estimate of drug-likeness (QED) is 0.415. The van der Waals surface area contributed by atoms with Crippen LogP contribution in [0.4, 0.5) is 0 Å². The Labute approximate surface area is 179 Å². The summed E-state index contributed by atoms with van der Waals surface area (Å²) in [5.41, 5.74) is 4.52. The van der Waals surface area contributed by atoms with E-state index >= 15 is 0 Å². The molecule has 1 saturated heterocycles. The highest BCUT2D eigenvalue weighted by Gasteiger charge is 2.38. The van der Waals surface area contributed by atoms with E-state index in [1.165, 1.54) is 34.4 Å². The predicted octanol–water partition coefficient (Wildman–Crippen LogP) is 6.28. The van der Waals surface area contributed by atoms with Crippen LogP contribution in [0.5, 0.6) is 0 Å². The molecule has 29 heavy (non-hydrogen) atoms. The van der Waals surface area contributed by atoms with Gasteiger partial charge in [-0.3, -0.25) is 4.90 Å². The van der Waals surface area contributed by atoms with Gasteiger partial charge in [-0.05, 0) is 60.9 Å². The van der Waals surface area contributed by atoms with Crippen molar-refractivity contribution in [3.8, 4) is 10.4 Å². The summed E-state index contributed by atoms with van der Waals surface area (Å²) in [5, 5.41) is 2.17. The van der Waals surface area contributed by atoms with Crippen molar-refractivity contribution in [3.63, 3.8) is 0 Å². The van der Waals surface area contributed by atoms with Gasteiger partial charge in [0.15, 0.2) is 0 Å². The van der Waals surface area contributed by atoms with E-state index in [-0.39, 0.29) is 5.41 Å². The van der Waals surface area contributed by atoms with Crippen molar-refractivity contribution >= 4 is 11.3 Å². The molecule has 0 spiro atoms. The number of nitrogens with zero attached hydrogens (tertiary/aromatic N) is 1. The summed E-state index contributed by atoms with van der Waals surface area (Å²) >= 11 is 1.83. The van der Waals surface area contributed by atoms with Gasteiger partial charge in [0.1, 0.15) is 0 Å². The van der Waals surface area contributed by atoms with Crippen molar-refractivity contribution in [1.29, 1.82) is 0 Å². The van der Waals surface area contributed by atoms with Gasteiger partial charge in [0.25, 0.3) is 0 Å². The maximum absolute atomic E-state index is 5.97. The molecular formula is C26H31NOS. The molecule has 2 heterocycles. The number of hydrogen-bond donors (Lipinski definition) is 0. The van der Waals surface area contributed by atoms with Crippen LogP contribution in [-0.2, 0) is 17.7 Å². The van der Waals surface area contributed by atoms with Crippen molar-refractivity contribution in [2.45, 2.75) is 32.7 Å². The Morgan fingerprint density at radius 2 is 1.83 bits per heavy atom. The molecule has 1 aliphatic rings. The molecular weight excluding hydrogens is 374 g/mol. The van der Waals surface area contributed by atoms with Crippen LogP contribution in [0.3, 0.4) is 0 Å². The van der Waals surface area contributed by atoms with Gasteiger partial charge in [-0.25, -0.2) is 0 Å². The second-order valence-electron chi connectivity index (χ2n) is 8.22. The molecule has 1 fully saturated rings. The highest BCUT2D eigenvalue weighted by molar-refractivity contribution is 7.13. The van der Waals surface area contributed by atoms with E-state index in [0.29, 0.717) is 0 Å². The average Bonchev–Trinajstić information content (AvgIpc) is 3.43. The SMILES string of the molecule is CCOCC1(CCc2ccccc2)CCN(Cc2ccccc2-c2cccs2)C1. The highest BCUT2D eigenvalue weighted by atomic mass is 32.1. The lowest BCUT2D eigenvalue weighted by atomic mass is 9.82. The third kappa shape index (κ3) is 5.16. The summed E-state index contributed by atoms with van der Waals surface area (Å²) in [5.74, 6) is 0. The molecule has 0 saturated carbocycles. The Kier molecular flexibility index (Phi) is 6.81. The molecule has 1 atom stereocenters. The van der Waals surface area contributed by atoms with Crippen molar-refractivity contribution < 1.29 is 4.74 Å². The summed E-state index contributed by atoms with van der Waals surface area (Å²) in [4.78, 5) is 4.00. The van der Waals surface area contributed by atoms with Crippen LogP contribution in [0.15, 0.2) is 72.1 Å². The molecule has 2 nitrogen and oxygen atoms in total. The van der Waals surface area contributed by atoms with Crippen molar-refractivity contribution in [3.05, 3.63) is 83.2 Å². The molecule has 0 radical (unpaired) electrons. The van der Waals surface area contributed by atoms with Crippen LogP contribution in [0.1, 0.15) is 30.9 Å². The first kappa shape index (κ1) is 20.3. The lowest BCUT2D eigenvalue weighted by molar-refractivity contribution is 0.0489. The summed E-state index contributed by atoms with van der Waals surface area (Å²) in [6.07, 6.45) is 3.55. The first-order valence-electron chi connectivity index (χ1n) is 10.7. The van der Waals surface area contributed by atoms with E-state index in [1.807, 2.05) is 11.3 Å². The molecule has 4 rings (SSSR count). The van der Waals surface area contributed by atoms with Gasteiger partial charge in [0.2, 0.25) is 0 Å². The zero-order valence-corrected chi connectivity index (χ0v) is 18.2. The minimum Gasteiger partial charge on any atom is -0.381 e. The topological polar surface area (TPSA) is 12.5 Å². The van der Waals surface area contributed by atoms with Gasteiger partial charge in [-0.2, -0.15) is 0 Å². The molecule has 0 aliphatic carbocycles. The minimum absolute atomic E-state index is 0.268. The van der Waals surface area contributed by atoms with Gasteiger partial charge >= 0.3 is 0 Å². The van der Waals surface area contributed by atoms with E-state index in [9.17, 15) is 0 Å². The summed E-state index contributed by atoms with van der Waals surface area (Å²) < 4.78 is 5.97. The molecule has 3 aromatic rings. The fourth-order valence-electron chi connectivity index (χ4n) is 4.50. The Hall–Kier alpha value is -1.94. The second kappa shape index (κ2) is 9.71. The lowest BCUT2D eigenvalue weighted by Crippen LogP contribution is -2.32. The third-order valence-corrected chi connectivity index (χ3v) is 7.02. The molecule has 0 amide bonds. The highest BCUT2D eigenvalue weighted by Crippen LogP contribution is 2.37. The van der Waals surface area contributed by atoms with E-state index < -0.39 is 0 Å². The van der Waals surface area contributed by atoms with Crippen LogP contribution in [-0.4, -0.2) is 31.2 Å². The number of thiophene rings is 1. The second-order valence-corrected chi connectivity index (χ2v) is 9.17. The molecule has 0 N–H and O–H groups in total. The Balaban J connectivity index is 1.45. The maximum atomic E-state index is 5.97. The molecule has 0 bridgehead atoms. The Morgan fingerprint density at radius 1 is 1.00 bits per heavy atom. The fraction of sp³-hybridized carbons (Fsp3) is 0.385. The monoisotopic (exact) mass is 405 g/mol. The van der Waals surface area contributed by atoms with Crippen molar-refractivity contribution in [2.75, 3.05) is 26.3 Å². The smallest absolute Gasteiger partial charge is 0.0535 e. The summed E-state index contributed by atoms with van der Waals surface area (Å²) in [6.45, 7) is 7.08. The zero-order chi connectivity index (χ0) is 19.9. The maximum Gasteiger partial charge on any atom is 0.0535 e. The standard InChI is InChI=1S/C26H31NOS/c1-2-28-21-26(15-14-22-9-4-3-5-10-22)16-17-27(20-26)19-23-11-6-7-12-24(23)25-13-8-18-29-25/h3-13,18H,2,14-17,19-21H2,1H3. The lowest BCUT2D eigenvalue weighted by Gasteiger charge is -2.29. The van der Waals surface area contributed by atoms with E-state index in [1.54, 1.807) is 0 Å². The first-order chi connectivity index (χ1) is 14.3. The molecule has 3 heteroatoms. The zero-order valence-electron chi connectivity index (χ0n) is 17.3. The van der Waals surface area contributed by atoms with Gasteiger partial charge in [0, 0.05) is 30.0 Å².